The largest absolute Gasteiger partial charge is 0.478 e. The van der Waals surface area contributed by atoms with Crippen molar-refractivity contribution in [3.63, 3.8) is 0 Å². The SMILES string of the molecule is Cc1[nH]c(C(=O)NCCN2CCCCC2CO)c(C)c1C(=O)O. The zero-order chi connectivity index (χ0) is 17.0. The van der Waals surface area contributed by atoms with E-state index in [1.807, 2.05) is 0 Å². The van der Waals surface area contributed by atoms with Gasteiger partial charge in [-0.05, 0) is 38.8 Å². The van der Waals surface area contributed by atoms with Crippen molar-refractivity contribution < 1.29 is 19.8 Å². The number of likely N-dealkylation sites (tertiary alicyclic amines) is 1. The van der Waals surface area contributed by atoms with Gasteiger partial charge in [0.25, 0.3) is 5.91 Å². The monoisotopic (exact) mass is 323 g/mol. The molecular formula is C16H25N3O4. The first-order valence-electron chi connectivity index (χ1n) is 8.01. The van der Waals surface area contributed by atoms with E-state index in [-0.39, 0.29) is 24.1 Å². The van der Waals surface area contributed by atoms with Crippen molar-refractivity contribution in [2.45, 2.75) is 39.2 Å². The number of carbonyl (C=O) groups excluding carboxylic acids is 1. The van der Waals surface area contributed by atoms with Gasteiger partial charge in [-0.25, -0.2) is 4.79 Å². The highest BCUT2D eigenvalue weighted by Gasteiger charge is 2.23. The van der Waals surface area contributed by atoms with Gasteiger partial charge in [0.05, 0.1) is 12.2 Å². The number of rotatable bonds is 6. The van der Waals surface area contributed by atoms with Gasteiger partial charge in [-0.2, -0.15) is 0 Å². The molecule has 1 aromatic heterocycles. The number of aromatic carboxylic acids is 1. The number of carboxylic acid groups (broad SMARTS) is 1. The third-order valence-corrected chi connectivity index (χ3v) is 4.52. The molecular weight excluding hydrogens is 298 g/mol. The molecule has 1 aliphatic rings. The first-order valence-corrected chi connectivity index (χ1v) is 8.01. The number of amides is 1. The van der Waals surface area contributed by atoms with Crippen LogP contribution in [0, 0.1) is 13.8 Å². The molecule has 1 aliphatic heterocycles. The minimum absolute atomic E-state index is 0.144. The molecule has 0 aliphatic carbocycles. The maximum atomic E-state index is 12.2. The second kappa shape index (κ2) is 7.61. The van der Waals surface area contributed by atoms with E-state index in [4.69, 9.17) is 5.11 Å². The summed E-state index contributed by atoms with van der Waals surface area (Å²) in [6, 6.07) is 0.175. The maximum absolute atomic E-state index is 12.2. The lowest BCUT2D eigenvalue weighted by Crippen LogP contribution is -2.45. The Bertz CT molecular complexity index is 582. The molecule has 0 spiro atoms. The minimum Gasteiger partial charge on any atom is -0.478 e. The Labute approximate surface area is 135 Å². The summed E-state index contributed by atoms with van der Waals surface area (Å²) in [6.07, 6.45) is 3.23. The summed E-state index contributed by atoms with van der Waals surface area (Å²) < 4.78 is 0. The van der Waals surface area contributed by atoms with Crippen LogP contribution in [-0.2, 0) is 0 Å². The van der Waals surface area contributed by atoms with Crippen LogP contribution < -0.4 is 5.32 Å². The van der Waals surface area contributed by atoms with Gasteiger partial charge >= 0.3 is 5.97 Å². The first-order chi connectivity index (χ1) is 11.0. The fourth-order valence-electron chi connectivity index (χ4n) is 3.26. The number of aryl methyl sites for hydroxylation is 1. The highest BCUT2D eigenvalue weighted by molar-refractivity contribution is 5.99. The summed E-state index contributed by atoms with van der Waals surface area (Å²) in [5, 5.41) is 21.4. The molecule has 0 bridgehead atoms. The molecule has 1 fully saturated rings. The molecule has 1 amide bonds. The average molecular weight is 323 g/mol. The predicted molar refractivity (Wildman–Crippen MR) is 85.9 cm³/mol. The normalized spacial score (nSPS) is 18.8. The van der Waals surface area contributed by atoms with E-state index in [1.165, 1.54) is 0 Å². The van der Waals surface area contributed by atoms with Crippen LogP contribution in [-0.4, -0.2) is 64.3 Å². The third kappa shape index (κ3) is 3.92. The number of piperidine rings is 1. The molecule has 128 valence electrons. The Morgan fingerprint density at radius 2 is 2.09 bits per heavy atom. The van der Waals surface area contributed by atoms with Gasteiger partial charge in [-0.15, -0.1) is 0 Å². The minimum atomic E-state index is -1.03. The second-order valence-electron chi connectivity index (χ2n) is 6.05. The van der Waals surface area contributed by atoms with Gasteiger partial charge in [0.15, 0.2) is 0 Å². The number of hydrogen-bond donors (Lipinski definition) is 4. The number of aliphatic hydroxyl groups excluding tert-OH is 1. The molecule has 2 rings (SSSR count). The number of nitrogens with one attached hydrogen (secondary N) is 2. The molecule has 4 N–H and O–H groups in total. The summed E-state index contributed by atoms with van der Waals surface area (Å²) >= 11 is 0. The molecule has 1 aromatic rings. The zero-order valence-electron chi connectivity index (χ0n) is 13.7. The van der Waals surface area contributed by atoms with Crippen LogP contribution in [0.3, 0.4) is 0 Å². The van der Waals surface area contributed by atoms with Crippen molar-refractivity contribution in [1.29, 1.82) is 0 Å². The Balaban J connectivity index is 1.92. The van der Waals surface area contributed by atoms with Gasteiger partial charge in [0, 0.05) is 24.8 Å². The number of hydrogen-bond acceptors (Lipinski definition) is 4. The second-order valence-corrected chi connectivity index (χ2v) is 6.05. The van der Waals surface area contributed by atoms with Gasteiger partial charge in [-0.1, -0.05) is 6.42 Å². The molecule has 1 unspecified atom stereocenters. The van der Waals surface area contributed by atoms with Crippen molar-refractivity contribution >= 4 is 11.9 Å². The number of aromatic amines is 1. The van der Waals surface area contributed by atoms with E-state index in [0.717, 1.165) is 25.8 Å². The molecule has 1 atom stereocenters. The van der Waals surface area contributed by atoms with E-state index in [2.05, 4.69) is 15.2 Å². The van der Waals surface area contributed by atoms with Crippen LogP contribution in [0.25, 0.3) is 0 Å². The van der Waals surface area contributed by atoms with Crippen molar-refractivity contribution in [1.82, 2.24) is 15.2 Å². The number of carboxylic acids is 1. The maximum Gasteiger partial charge on any atom is 0.337 e. The van der Waals surface area contributed by atoms with Crippen LogP contribution in [0.5, 0.6) is 0 Å². The first kappa shape index (κ1) is 17.5. The van der Waals surface area contributed by atoms with Crippen LogP contribution in [0.2, 0.25) is 0 Å². The van der Waals surface area contributed by atoms with E-state index in [1.54, 1.807) is 13.8 Å². The average Bonchev–Trinajstić information content (AvgIpc) is 2.82. The van der Waals surface area contributed by atoms with Crippen molar-refractivity contribution in [2.75, 3.05) is 26.2 Å². The molecule has 2 heterocycles. The van der Waals surface area contributed by atoms with Crippen molar-refractivity contribution in [3.05, 3.63) is 22.5 Å². The Morgan fingerprint density at radius 1 is 1.35 bits per heavy atom. The van der Waals surface area contributed by atoms with Crippen molar-refractivity contribution in [3.8, 4) is 0 Å². The quantitative estimate of drug-likeness (QED) is 0.622. The summed E-state index contributed by atoms with van der Waals surface area (Å²) in [4.78, 5) is 28.5. The molecule has 1 saturated heterocycles. The van der Waals surface area contributed by atoms with Gasteiger partial charge in [0.1, 0.15) is 5.69 Å². The lowest BCUT2D eigenvalue weighted by Gasteiger charge is -2.34. The fourth-order valence-corrected chi connectivity index (χ4v) is 3.26. The molecule has 0 aromatic carbocycles. The highest BCUT2D eigenvalue weighted by Crippen LogP contribution is 2.18. The summed E-state index contributed by atoms with van der Waals surface area (Å²) in [6.45, 7) is 5.51. The van der Waals surface area contributed by atoms with Crippen molar-refractivity contribution in [2.24, 2.45) is 0 Å². The van der Waals surface area contributed by atoms with Crippen LogP contribution in [0.15, 0.2) is 0 Å². The molecule has 7 nitrogen and oxygen atoms in total. The summed E-state index contributed by atoms with van der Waals surface area (Å²) in [7, 11) is 0. The predicted octanol–water partition coefficient (Wildman–Crippen LogP) is 0.906. The van der Waals surface area contributed by atoms with E-state index < -0.39 is 5.97 Å². The fraction of sp³-hybridized carbons (Fsp3) is 0.625. The van der Waals surface area contributed by atoms with Gasteiger partial charge in [0.2, 0.25) is 0 Å². The van der Waals surface area contributed by atoms with E-state index >= 15 is 0 Å². The van der Waals surface area contributed by atoms with E-state index in [0.29, 0.717) is 30.0 Å². The number of aromatic nitrogens is 1. The zero-order valence-corrected chi connectivity index (χ0v) is 13.7. The lowest BCUT2D eigenvalue weighted by molar-refractivity contribution is 0.0695. The molecule has 23 heavy (non-hydrogen) atoms. The van der Waals surface area contributed by atoms with Gasteiger partial charge < -0.3 is 20.5 Å². The number of carbonyl (C=O) groups is 2. The third-order valence-electron chi connectivity index (χ3n) is 4.52. The number of H-pyrrole nitrogens is 1. The molecule has 7 heteroatoms. The number of aliphatic hydroxyl groups is 1. The molecule has 0 radical (unpaired) electrons. The standard InChI is InChI=1S/C16H25N3O4/c1-10-13(16(22)23)11(2)18-14(10)15(21)17-6-8-19-7-4-3-5-12(19)9-20/h12,18,20H,3-9H2,1-2H3,(H,17,21)(H,22,23). The summed E-state index contributed by atoms with van der Waals surface area (Å²) in [5.74, 6) is -1.33. The molecule has 0 saturated carbocycles. The Morgan fingerprint density at radius 3 is 2.70 bits per heavy atom. The smallest absolute Gasteiger partial charge is 0.337 e. The lowest BCUT2D eigenvalue weighted by atomic mass is 10.0. The van der Waals surface area contributed by atoms with Crippen LogP contribution in [0.1, 0.15) is 51.4 Å². The van der Waals surface area contributed by atoms with E-state index in [9.17, 15) is 14.7 Å². The van der Waals surface area contributed by atoms with Crippen LogP contribution in [0.4, 0.5) is 0 Å². The topological polar surface area (TPSA) is 106 Å². The van der Waals surface area contributed by atoms with Gasteiger partial charge in [-0.3, -0.25) is 9.69 Å². The van der Waals surface area contributed by atoms with Crippen LogP contribution >= 0.6 is 0 Å². The highest BCUT2D eigenvalue weighted by atomic mass is 16.4. The Hall–Kier alpha value is -1.86. The number of nitrogens with zero attached hydrogens (tertiary/aromatic N) is 1. The summed E-state index contributed by atoms with van der Waals surface area (Å²) in [5.41, 5.74) is 1.40. The Kier molecular flexibility index (Phi) is 5.79.